The molecule has 0 aliphatic carbocycles. The van der Waals surface area contributed by atoms with Gasteiger partial charge in [-0.15, -0.1) is 11.8 Å². The lowest BCUT2D eigenvalue weighted by molar-refractivity contribution is -0.146. The van der Waals surface area contributed by atoms with Crippen molar-refractivity contribution in [3.05, 3.63) is 24.3 Å². The molecular formula is C22H31N3O4S. The van der Waals surface area contributed by atoms with Crippen molar-refractivity contribution in [3.8, 4) is 0 Å². The summed E-state index contributed by atoms with van der Waals surface area (Å²) in [5.41, 5.74) is -0.389. The summed E-state index contributed by atoms with van der Waals surface area (Å²) in [5, 5.41) is 9.26. The molecule has 3 amide bonds. The van der Waals surface area contributed by atoms with Gasteiger partial charge in [-0.3, -0.25) is 14.4 Å². The number of likely N-dealkylation sites (N-methyl/N-ethyl adjacent to an activating group) is 1. The van der Waals surface area contributed by atoms with Crippen molar-refractivity contribution in [2.24, 2.45) is 11.8 Å². The molecule has 30 heavy (non-hydrogen) atoms. The minimum atomic E-state index is -0.767. The van der Waals surface area contributed by atoms with Gasteiger partial charge in [-0.1, -0.05) is 24.3 Å². The van der Waals surface area contributed by atoms with Crippen LogP contribution >= 0.6 is 11.8 Å². The highest BCUT2D eigenvalue weighted by atomic mass is 32.2. The molecule has 0 radical (unpaired) electrons. The predicted octanol–water partition coefficient (Wildman–Crippen LogP) is 0.891. The first kappa shape index (κ1) is 21.4. The van der Waals surface area contributed by atoms with Crippen molar-refractivity contribution in [3.63, 3.8) is 0 Å². The lowest BCUT2D eigenvalue weighted by Gasteiger charge is -2.40. The number of carbonyl (C=O) groups excluding carboxylic acids is 3. The predicted molar refractivity (Wildman–Crippen MR) is 116 cm³/mol. The molecule has 164 valence electrons. The summed E-state index contributed by atoms with van der Waals surface area (Å²) in [4.78, 5) is 45.9. The molecule has 0 saturated carbocycles. The van der Waals surface area contributed by atoms with Crippen LogP contribution in [0.4, 0.5) is 0 Å². The Morgan fingerprint density at radius 2 is 1.87 bits per heavy atom. The summed E-state index contributed by atoms with van der Waals surface area (Å²) < 4.78 is -0.767. The summed E-state index contributed by atoms with van der Waals surface area (Å²) in [7, 11) is 1.76. The lowest BCUT2D eigenvalue weighted by Crippen LogP contribution is -2.57. The molecule has 1 unspecified atom stereocenters. The summed E-state index contributed by atoms with van der Waals surface area (Å²) in [6.45, 7) is 7.26. The van der Waals surface area contributed by atoms with Crippen molar-refractivity contribution in [2.45, 2.75) is 48.8 Å². The molecule has 5 atom stereocenters. The average Bonchev–Trinajstić information content (AvgIpc) is 2.98. The third-order valence-corrected chi connectivity index (χ3v) is 8.47. The second kappa shape index (κ2) is 7.41. The van der Waals surface area contributed by atoms with Crippen molar-refractivity contribution < 1.29 is 19.5 Å². The van der Waals surface area contributed by atoms with E-state index in [9.17, 15) is 19.5 Å². The largest absolute Gasteiger partial charge is 0.396 e. The Bertz CT molecular complexity index is 820. The number of carbonyl (C=O) groups is 3. The number of amides is 3. The minimum Gasteiger partial charge on any atom is -0.396 e. The fourth-order valence-corrected chi connectivity index (χ4v) is 7.35. The van der Waals surface area contributed by atoms with E-state index >= 15 is 0 Å². The van der Waals surface area contributed by atoms with Gasteiger partial charge in [-0.2, -0.15) is 0 Å². The van der Waals surface area contributed by atoms with Crippen LogP contribution in [0.3, 0.4) is 0 Å². The highest BCUT2D eigenvalue weighted by Crippen LogP contribution is 2.61. The number of nitrogens with zero attached hydrogens (tertiary/aromatic N) is 3. The first-order valence-electron chi connectivity index (χ1n) is 10.6. The van der Waals surface area contributed by atoms with Crippen LogP contribution in [0.2, 0.25) is 0 Å². The van der Waals surface area contributed by atoms with Gasteiger partial charge in [0.15, 0.2) is 0 Å². The number of likely N-dealkylation sites (tertiary alicyclic amines) is 1. The molecule has 4 heterocycles. The molecule has 0 aromatic heterocycles. The molecule has 7 nitrogen and oxygen atoms in total. The van der Waals surface area contributed by atoms with Crippen LogP contribution in [0.1, 0.15) is 27.2 Å². The van der Waals surface area contributed by atoms with Gasteiger partial charge in [-0.25, -0.2) is 0 Å². The number of hydrogen-bond donors (Lipinski definition) is 1. The SMILES string of the molecule is CN1CC=C[C@@H]2S[C@]34C=CCN(C(C)(C)C)C(=O)C3N(CCCO)C(=O)[C@@H]4[C@@H]2C1=O. The zero-order chi connectivity index (χ0) is 21.8. The smallest absolute Gasteiger partial charge is 0.247 e. The van der Waals surface area contributed by atoms with E-state index < -0.39 is 22.6 Å². The molecular weight excluding hydrogens is 402 g/mol. The van der Waals surface area contributed by atoms with Crippen LogP contribution in [0.25, 0.3) is 0 Å². The maximum Gasteiger partial charge on any atom is 0.247 e. The third-order valence-electron chi connectivity index (χ3n) is 6.73. The fourth-order valence-electron chi connectivity index (χ4n) is 5.35. The molecule has 0 bridgehead atoms. The summed E-state index contributed by atoms with van der Waals surface area (Å²) >= 11 is 1.59. The summed E-state index contributed by atoms with van der Waals surface area (Å²) in [5.74, 6) is -1.30. The van der Waals surface area contributed by atoms with Crippen molar-refractivity contribution >= 4 is 29.5 Å². The van der Waals surface area contributed by atoms with E-state index in [0.717, 1.165) is 0 Å². The van der Waals surface area contributed by atoms with Crippen LogP contribution in [-0.2, 0) is 14.4 Å². The highest BCUT2D eigenvalue weighted by molar-refractivity contribution is 8.02. The Morgan fingerprint density at radius 3 is 2.53 bits per heavy atom. The lowest BCUT2D eigenvalue weighted by atomic mass is 9.78. The van der Waals surface area contributed by atoms with E-state index in [1.807, 2.05) is 50.0 Å². The zero-order valence-electron chi connectivity index (χ0n) is 18.1. The Morgan fingerprint density at radius 1 is 1.13 bits per heavy atom. The number of aliphatic hydroxyl groups excluding tert-OH is 1. The van der Waals surface area contributed by atoms with Gasteiger partial charge >= 0.3 is 0 Å². The Labute approximate surface area is 182 Å². The Hall–Kier alpha value is -1.80. The second-order valence-corrected chi connectivity index (χ2v) is 11.1. The fraction of sp³-hybridized carbons (Fsp3) is 0.682. The quantitative estimate of drug-likeness (QED) is 0.669. The first-order chi connectivity index (χ1) is 14.1. The van der Waals surface area contributed by atoms with Gasteiger partial charge in [0.05, 0.1) is 16.6 Å². The van der Waals surface area contributed by atoms with E-state index in [4.69, 9.17) is 0 Å². The van der Waals surface area contributed by atoms with Gasteiger partial charge in [0.25, 0.3) is 0 Å². The van der Waals surface area contributed by atoms with E-state index in [1.54, 1.807) is 28.6 Å². The topological polar surface area (TPSA) is 81.2 Å². The van der Waals surface area contributed by atoms with Crippen LogP contribution in [0.15, 0.2) is 24.3 Å². The van der Waals surface area contributed by atoms with E-state index in [2.05, 4.69) is 0 Å². The molecule has 4 aliphatic heterocycles. The molecule has 0 aromatic carbocycles. The van der Waals surface area contributed by atoms with Crippen molar-refractivity contribution in [1.29, 1.82) is 0 Å². The van der Waals surface area contributed by atoms with E-state index in [0.29, 0.717) is 26.1 Å². The van der Waals surface area contributed by atoms with E-state index in [1.165, 1.54) is 0 Å². The molecule has 8 heteroatoms. The maximum absolute atomic E-state index is 13.9. The van der Waals surface area contributed by atoms with Crippen molar-refractivity contribution in [2.75, 3.05) is 33.3 Å². The minimum absolute atomic E-state index is 0.0340. The second-order valence-electron chi connectivity index (χ2n) is 9.62. The normalized spacial score (nSPS) is 36.0. The monoisotopic (exact) mass is 433 g/mol. The Balaban J connectivity index is 1.84. The number of fused-ring (bicyclic) bond motifs is 2. The standard InChI is InChI=1S/C22H31N3O4S/c1-21(2,3)25-12-6-9-22-16(15-14(30-22)8-5-10-23(4)18(15)27)19(28)24(11-7-13-26)17(22)20(25)29/h5-6,8-9,14-17,26H,7,10-13H2,1-4H3/t14-,15+,16-,17?,22-/m0/s1. The molecule has 4 aliphatic rings. The molecule has 2 fully saturated rings. The van der Waals surface area contributed by atoms with Gasteiger partial charge in [-0.05, 0) is 27.2 Å². The van der Waals surface area contributed by atoms with Gasteiger partial charge in [0.1, 0.15) is 6.04 Å². The number of rotatable bonds is 3. The van der Waals surface area contributed by atoms with Crippen LogP contribution in [0, 0.1) is 11.8 Å². The molecule has 1 spiro atoms. The van der Waals surface area contributed by atoms with Crippen LogP contribution < -0.4 is 0 Å². The summed E-state index contributed by atoms with van der Waals surface area (Å²) in [6, 6.07) is -0.664. The first-order valence-corrected chi connectivity index (χ1v) is 11.5. The highest BCUT2D eigenvalue weighted by Gasteiger charge is 2.71. The average molecular weight is 434 g/mol. The Kier molecular flexibility index (Phi) is 5.29. The molecule has 1 N–H and O–H groups in total. The van der Waals surface area contributed by atoms with Gasteiger partial charge < -0.3 is 19.8 Å². The van der Waals surface area contributed by atoms with Crippen LogP contribution in [0.5, 0.6) is 0 Å². The number of hydrogen-bond acceptors (Lipinski definition) is 5. The third kappa shape index (κ3) is 3.02. The van der Waals surface area contributed by atoms with Gasteiger partial charge in [0.2, 0.25) is 17.7 Å². The zero-order valence-corrected chi connectivity index (χ0v) is 18.9. The molecule has 0 aromatic rings. The molecule has 2 saturated heterocycles. The van der Waals surface area contributed by atoms with Crippen molar-refractivity contribution in [1.82, 2.24) is 14.7 Å². The maximum atomic E-state index is 13.9. The van der Waals surface area contributed by atoms with Crippen LogP contribution in [-0.4, -0.2) is 92.4 Å². The number of thioether (sulfide) groups is 1. The van der Waals surface area contributed by atoms with E-state index in [-0.39, 0.29) is 35.1 Å². The van der Waals surface area contributed by atoms with Gasteiger partial charge in [0, 0.05) is 44.1 Å². The number of aliphatic hydroxyl groups is 1. The summed E-state index contributed by atoms with van der Waals surface area (Å²) in [6.07, 6.45) is 8.46. The molecule has 4 rings (SSSR count).